The maximum atomic E-state index is 12.2. The number of imide groups is 1. The lowest BCUT2D eigenvalue weighted by Crippen LogP contribution is -2.33. The molecule has 0 fully saturated rings. The predicted molar refractivity (Wildman–Crippen MR) is 100 cm³/mol. The second-order valence-corrected chi connectivity index (χ2v) is 6.02. The van der Waals surface area contributed by atoms with Gasteiger partial charge in [0.05, 0.1) is 55.7 Å². The third-order valence-electron chi connectivity index (χ3n) is 4.19. The quantitative estimate of drug-likeness (QED) is 0.464. The summed E-state index contributed by atoms with van der Waals surface area (Å²) in [6.07, 6.45) is 0. The molecule has 2 aromatic carbocycles. The maximum absolute atomic E-state index is 12.2. The lowest BCUT2D eigenvalue weighted by Gasteiger charge is -2.13. The van der Waals surface area contributed by atoms with Crippen molar-refractivity contribution in [3.63, 3.8) is 0 Å². The lowest BCUT2D eigenvalue weighted by atomic mass is 10.1. The Hall–Kier alpha value is -3.21. The molecule has 2 amide bonds. The predicted octanol–water partition coefficient (Wildman–Crippen LogP) is 2.27. The van der Waals surface area contributed by atoms with E-state index in [1.54, 1.807) is 48.5 Å². The van der Waals surface area contributed by atoms with Gasteiger partial charge in [-0.05, 0) is 36.4 Å². The van der Waals surface area contributed by atoms with Crippen molar-refractivity contribution in [3.8, 4) is 11.8 Å². The number of rotatable bonds is 10. The number of nitrogens with zero attached hydrogens (tertiary/aromatic N) is 2. The number of fused-ring (bicyclic) bond motifs is 1. The molecule has 0 atom stereocenters. The van der Waals surface area contributed by atoms with E-state index in [1.165, 1.54) is 4.90 Å². The molecular formula is C21H20N2O5. The van der Waals surface area contributed by atoms with Gasteiger partial charge in [-0.3, -0.25) is 14.5 Å². The summed E-state index contributed by atoms with van der Waals surface area (Å²) in [5.41, 5.74) is 1.47. The summed E-state index contributed by atoms with van der Waals surface area (Å²) < 4.78 is 16.4. The van der Waals surface area contributed by atoms with E-state index in [1.807, 2.05) is 6.07 Å². The Bertz CT molecular complexity index is 838. The molecule has 2 aromatic rings. The normalized spacial score (nSPS) is 12.8. The van der Waals surface area contributed by atoms with Gasteiger partial charge in [-0.1, -0.05) is 12.1 Å². The molecule has 0 radical (unpaired) electrons. The van der Waals surface area contributed by atoms with Crippen LogP contribution < -0.4 is 4.74 Å². The second-order valence-electron chi connectivity index (χ2n) is 6.02. The monoisotopic (exact) mass is 380 g/mol. The van der Waals surface area contributed by atoms with Crippen molar-refractivity contribution < 1.29 is 23.8 Å². The fourth-order valence-electron chi connectivity index (χ4n) is 2.76. The highest BCUT2D eigenvalue weighted by Gasteiger charge is 2.34. The van der Waals surface area contributed by atoms with Gasteiger partial charge >= 0.3 is 0 Å². The van der Waals surface area contributed by atoms with Crippen LogP contribution >= 0.6 is 0 Å². The molecule has 0 saturated carbocycles. The molecule has 144 valence electrons. The Labute approximate surface area is 163 Å². The largest absolute Gasteiger partial charge is 0.491 e. The van der Waals surface area contributed by atoms with Gasteiger partial charge in [-0.25, -0.2) is 0 Å². The van der Waals surface area contributed by atoms with Crippen molar-refractivity contribution >= 4 is 11.8 Å². The number of amides is 2. The summed E-state index contributed by atoms with van der Waals surface area (Å²) in [5, 5.41) is 8.73. The van der Waals surface area contributed by atoms with Crippen LogP contribution in [-0.2, 0) is 9.47 Å². The number of nitriles is 1. The van der Waals surface area contributed by atoms with Crippen molar-refractivity contribution in [2.75, 3.05) is 39.6 Å². The molecule has 0 unspecified atom stereocenters. The van der Waals surface area contributed by atoms with E-state index in [9.17, 15) is 9.59 Å². The van der Waals surface area contributed by atoms with Gasteiger partial charge in [-0.15, -0.1) is 0 Å². The van der Waals surface area contributed by atoms with Gasteiger partial charge in [-0.2, -0.15) is 5.26 Å². The van der Waals surface area contributed by atoms with Crippen molar-refractivity contribution in [1.82, 2.24) is 4.90 Å². The van der Waals surface area contributed by atoms with Gasteiger partial charge in [0.15, 0.2) is 0 Å². The Morgan fingerprint density at radius 1 is 0.786 bits per heavy atom. The molecule has 7 nitrogen and oxygen atoms in total. The van der Waals surface area contributed by atoms with Crippen LogP contribution in [0.3, 0.4) is 0 Å². The van der Waals surface area contributed by atoms with Crippen LogP contribution in [0.1, 0.15) is 26.3 Å². The molecule has 0 spiro atoms. The zero-order valence-electron chi connectivity index (χ0n) is 15.3. The highest BCUT2D eigenvalue weighted by molar-refractivity contribution is 6.21. The minimum atomic E-state index is -0.277. The standard InChI is InChI=1S/C21H20N2O5/c22-15-16-5-7-17(8-6-16)28-14-13-27-12-11-26-10-9-23-20(24)18-3-1-2-4-19(18)21(23)25/h1-8H,9-14H2. The molecule has 1 heterocycles. The molecule has 0 N–H and O–H groups in total. The summed E-state index contributed by atoms with van der Waals surface area (Å²) in [6, 6.07) is 15.7. The SMILES string of the molecule is N#Cc1ccc(OCCOCCOCCN2C(=O)c3ccccc3C2=O)cc1. The van der Waals surface area contributed by atoms with Crippen LogP contribution in [0.2, 0.25) is 0 Å². The minimum Gasteiger partial charge on any atom is -0.491 e. The van der Waals surface area contributed by atoms with Gasteiger partial charge in [0.2, 0.25) is 0 Å². The first-order valence-electron chi connectivity index (χ1n) is 8.94. The average molecular weight is 380 g/mol. The molecule has 3 rings (SSSR count). The van der Waals surface area contributed by atoms with E-state index in [-0.39, 0.29) is 25.0 Å². The van der Waals surface area contributed by atoms with Gasteiger partial charge in [0.1, 0.15) is 12.4 Å². The van der Waals surface area contributed by atoms with E-state index in [0.717, 1.165) is 0 Å². The topological polar surface area (TPSA) is 88.9 Å². The van der Waals surface area contributed by atoms with E-state index in [4.69, 9.17) is 19.5 Å². The third kappa shape index (κ3) is 4.74. The van der Waals surface area contributed by atoms with Crippen LogP contribution in [0.15, 0.2) is 48.5 Å². The number of hydrogen-bond donors (Lipinski definition) is 0. The van der Waals surface area contributed by atoms with Crippen LogP contribution in [0.5, 0.6) is 5.75 Å². The number of carbonyl (C=O) groups excluding carboxylic acids is 2. The highest BCUT2D eigenvalue weighted by atomic mass is 16.5. The fourth-order valence-corrected chi connectivity index (χ4v) is 2.76. The summed E-state index contributed by atoms with van der Waals surface area (Å²) >= 11 is 0. The van der Waals surface area contributed by atoms with E-state index < -0.39 is 0 Å². The lowest BCUT2D eigenvalue weighted by molar-refractivity contribution is 0.0282. The number of ether oxygens (including phenoxy) is 3. The van der Waals surface area contributed by atoms with Crippen molar-refractivity contribution in [3.05, 3.63) is 65.2 Å². The minimum absolute atomic E-state index is 0.216. The Balaban J connectivity index is 1.24. The summed E-state index contributed by atoms with van der Waals surface area (Å²) in [6.45, 7) is 2.02. The average Bonchev–Trinajstić information content (AvgIpc) is 2.98. The molecule has 7 heteroatoms. The van der Waals surface area contributed by atoms with Gasteiger partial charge in [0.25, 0.3) is 11.8 Å². The molecule has 1 aliphatic rings. The third-order valence-corrected chi connectivity index (χ3v) is 4.19. The van der Waals surface area contributed by atoms with Crippen LogP contribution in [0, 0.1) is 11.3 Å². The fraction of sp³-hybridized carbons (Fsp3) is 0.286. The zero-order chi connectivity index (χ0) is 19.8. The molecule has 0 bridgehead atoms. The van der Waals surface area contributed by atoms with Crippen molar-refractivity contribution in [2.24, 2.45) is 0 Å². The number of hydrogen-bond acceptors (Lipinski definition) is 6. The molecule has 28 heavy (non-hydrogen) atoms. The van der Waals surface area contributed by atoms with Crippen molar-refractivity contribution in [1.29, 1.82) is 5.26 Å². The first-order chi connectivity index (χ1) is 13.7. The Morgan fingerprint density at radius 3 is 1.96 bits per heavy atom. The Morgan fingerprint density at radius 2 is 1.36 bits per heavy atom. The van der Waals surface area contributed by atoms with Crippen LogP contribution in [0.25, 0.3) is 0 Å². The van der Waals surface area contributed by atoms with Crippen molar-refractivity contribution in [2.45, 2.75) is 0 Å². The summed E-state index contributed by atoms with van der Waals surface area (Å²) in [5.74, 6) is 0.126. The number of carbonyl (C=O) groups is 2. The Kier molecular flexibility index (Phi) is 6.73. The molecule has 1 aliphatic heterocycles. The maximum Gasteiger partial charge on any atom is 0.261 e. The molecule has 0 saturated heterocycles. The zero-order valence-corrected chi connectivity index (χ0v) is 15.3. The highest BCUT2D eigenvalue weighted by Crippen LogP contribution is 2.21. The van der Waals surface area contributed by atoms with Gasteiger partial charge < -0.3 is 14.2 Å². The first-order valence-corrected chi connectivity index (χ1v) is 8.94. The van der Waals surface area contributed by atoms with Crippen LogP contribution in [0.4, 0.5) is 0 Å². The second kappa shape index (κ2) is 9.65. The van der Waals surface area contributed by atoms with E-state index in [0.29, 0.717) is 48.9 Å². The number of benzene rings is 2. The molecular weight excluding hydrogens is 360 g/mol. The smallest absolute Gasteiger partial charge is 0.261 e. The van der Waals surface area contributed by atoms with Crippen LogP contribution in [-0.4, -0.2) is 56.3 Å². The summed E-state index contributed by atoms with van der Waals surface area (Å²) in [4.78, 5) is 25.6. The summed E-state index contributed by atoms with van der Waals surface area (Å²) in [7, 11) is 0. The first kappa shape index (κ1) is 19.5. The van der Waals surface area contributed by atoms with E-state index >= 15 is 0 Å². The molecule has 0 aromatic heterocycles. The molecule has 0 aliphatic carbocycles. The van der Waals surface area contributed by atoms with E-state index in [2.05, 4.69) is 0 Å². The van der Waals surface area contributed by atoms with Gasteiger partial charge in [0, 0.05) is 0 Å².